The van der Waals surface area contributed by atoms with E-state index in [4.69, 9.17) is 21.7 Å². The molecule has 0 bridgehead atoms. The number of anilines is 2. The van der Waals surface area contributed by atoms with Crippen LogP contribution in [0, 0.1) is 0 Å². The Bertz CT molecular complexity index is 564. The first-order valence-electron chi connectivity index (χ1n) is 4.00. The first kappa shape index (κ1) is 10.7. The maximum absolute atomic E-state index is 10.8. The van der Waals surface area contributed by atoms with E-state index in [0.717, 1.165) is 22.7 Å². The number of carboxylic acid groups (broad SMARTS) is 2. The molecule has 0 spiro atoms. The predicted molar refractivity (Wildman–Crippen MR) is 62.4 cm³/mol. The third-order valence-corrected chi connectivity index (χ3v) is 4.49. The number of hydrogen-bond donors (Lipinski definition) is 4. The van der Waals surface area contributed by atoms with Crippen molar-refractivity contribution in [3.63, 3.8) is 0 Å². The lowest BCUT2D eigenvalue weighted by Crippen LogP contribution is -2.00. The molecule has 0 aliphatic rings. The summed E-state index contributed by atoms with van der Waals surface area (Å²) in [5.41, 5.74) is 11.3. The van der Waals surface area contributed by atoms with Crippen LogP contribution in [0.25, 0.3) is 9.40 Å². The van der Waals surface area contributed by atoms with Crippen LogP contribution in [0.3, 0.4) is 0 Å². The van der Waals surface area contributed by atoms with Crippen molar-refractivity contribution < 1.29 is 19.8 Å². The number of fused-ring (bicyclic) bond motifs is 1. The molecule has 2 aromatic rings. The van der Waals surface area contributed by atoms with Gasteiger partial charge in [-0.1, -0.05) is 0 Å². The van der Waals surface area contributed by atoms with Crippen molar-refractivity contribution in [1.82, 2.24) is 0 Å². The molecule has 2 heterocycles. The van der Waals surface area contributed by atoms with Gasteiger partial charge >= 0.3 is 11.9 Å². The van der Waals surface area contributed by atoms with E-state index in [-0.39, 0.29) is 21.1 Å². The fourth-order valence-corrected chi connectivity index (χ4v) is 3.61. The average molecular weight is 258 g/mol. The molecule has 0 aliphatic carbocycles. The molecule has 0 unspecified atom stereocenters. The first-order chi connectivity index (χ1) is 7.43. The molecule has 16 heavy (non-hydrogen) atoms. The van der Waals surface area contributed by atoms with Gasteiger partial charge < -0.3 is 21.7 Å². The lowest BCUT2D eigenvalue weighted by atomic mass is 10.2. The quantitative estimate of drug-likeness (QED) is 0.646. The van der Waals surface area contributed by atoms with Gasteiger partial charge in [-0.05, 0) is 0 Å². The third-order valence-electron chi connectivity index (χ3n) is 2.01. The Morgan fingerprint density at radius 3 is 1.56 bits per heavy atom. The molecule has 6 N–H and O–H groups in total. The van der Waals surface area contributed by atoms with Gasteiger partial charge in [0.25, 0.3) is 0 Å². The normalized spacial score (nSPS) is 10.8. The Hall–Kier alpha value is -1.80. The highest BCUT2D eigenvalue weighted by atomic mass is 32.2. The molecule has 2 aromatic heterocycles. The van der Waals surface area contributed by atoms with Crippen LogP contribution >= 0.6 is 22.7 Å². The summed E-state index contributed by atoms with van der Waals surface area (Å²) in [4.78, 5) is 21.6. The molecule has 84 valence electrons. The van der Waals surface area contributed by atoms with Crippen LogP contribution in [0.5, 0.6) is 0 Å². The molecule has 0 aromatic carbocycles. The van der Waals surface area contributed by atoms with Gasteiger partial charge in [-0.15, -0.1) is 22.7 Å². The molecule has 0 saturated carbocycles. The van der Waals surface area contributed by atoms with E-state index in [2.05, 4.69) is 0 Å². The zero-order valence-corrected chi connectivity index (χ0v) is 9.32. The topological polar surface area (TPSA) is 127 Å². The Balaban J connectivity index is 2.79. The Kier molecular flexibility index (Phi) is 2.25. The van der Waals surface area contributed by atoms with Crippen LogP contribution in [0.1, 0.15) is 19.3 Å². The van der Waals surface area contributed by atoms with Crippen molar-refractivity contribution in [3.05, 3.63) is 9.75 Å². The van der Waals surface area contributed by atoms with Crippen molar-refractivity contribution in [3.8, 4) is 0 Å². The van der Waals surface area contributed by atoms with Gasteiger partial charge in [0.05, 0.1) is 20.8 Å². The minimum Gasteiger partial charge on any atom is -0.477 e. The highest BCUT2D eigenvalue weighted by Crippen LogP contribution is 2.44. The zero-order chi connectivity index (χ0) is 12.0. The molecular formula is C8H6N2O4S2. The molecule has 0 aliphatic heterocycles. The summed E-state index contributed by atoms with van der Waals surface area (Å²) in [5.74, 6) is -2.27. The van der Waals surface area contributed by atoms with E-state index < -0.39 is 11.9 Å². The second kappa shape index (κ2) is 3.35. The number of carbonyl (C=O) groups is 2. The van der Waals surface area contributed by atoms with Crippen LogP contribution in [-0.4, -0.2) is 22.2 Å². The summed E-state index contributed by atoms with van der Waals surface area (Å²) in [6.07, 6.45) is 0. The van der Waals surface area contributed by atoms with Crippen LogP contribution in [-0.2, 0) is 0 Å². The summed E-state index contributed by atoms with van der Waals surface area (Å²) in [5, 5.41) is 18.0. The SMILES string of the molecule is Nc1c(C(=O)O)sc2sc(C(=O)O)c(N)c12. The molecule has 0 fully saturated rings. The number of nitrogens with two attached hydrogens (primary N) is 2. The van der Waals surface area contributed by atoms with Crippen LogP contribution in [0.4, 0.5) is 11.4 Å². The van der Waals surface area contributed by atoms with Gasteiger partial charge in [-0.25, -0.2) is 9.59 Å². The van der Waals surface area contributed by atoms with Crippen LogP contribution in [0.2, 0.25) is 0 Å². The molecule has 0 atom stereocenters. The second-order valence-electron chi connectivity index (χ2n) is 2.96. The minimum atomic E-state index is -1.14. The van der Waals surface area contributed by atoms with E-state index in [1.165, 1.54) is 0 Å². The van der Waals surface area contributed by atoms with Gasteiger partial charge in [0, 0.05) is 0 Å². The number of hydrogen-bond acceptors (Lipinski definition) is 6. The van der Waals surface area contributed by atoms with Crippen LogP contribution in [0.15, 0.2) is 0 Å². The fourth-order valence-electron chi connectivity index (χ4n) is 1.33. The number of aromatic carboxylic acids is 2. The summed E-state index contributed by atoms with van der Waals surface area (Å²) in [7, 11) is 0. The molecule has 2 rings (SSSR count). The number of rotatable bonds is 2. The van der Waals surface area contributed by atoms with E-state index in [0.29, 0.717) is 9.40 Å². The lowest BCUT2D eigenvalue weighted by molar-refractivity contribution is 0.0692. The molecule has 6 nitrogen and oxygen atoms in total. The van der Waals surface area contributed by atoms with E-state index in [1.54, 1.807) is 0 Å². The van der Waals surface area contributed by atoms with Crippen molar-refractivity contribution in [2.24, 2.45) is 0 Å². The van der Waals surface area contributed by atoms with Gasteiger partial charge in [0.1, 0.15) is 9.75 Å². The molecule has 8 heteroatoms. The standard InChI is InChI=1S/C8H6N2O4S2/c9-2-1-3(10)5(7(13)14)16-8(1)15-4(2)6(11)12/h9-10H2,(H,11,12)(H,13,14). The van der Waals surface area contributed by atoms with Crippen molar-refractivity contribution in [2.75, 3.05) is 11.5 Å². The summed E-state index contributed by atoms with van der Waals surface area (Å²) in [6, 6.07) is 0. The first-order valence-corrected chi connectivity index (χ1v) is 5.63. The maximum atomic E-state index is 10.8. The summed E-state index contributed by atoms with van der Waals surface area (Å²) >= 11 is 1.87. The fraction of sp³-hybridized carbons (Fsp3) is 0. The molecule has 0 amide bonds. The average Bonchev–Trinajstić information content (AvgIpc) is 2.66. The minimum absolute atomic E-state index is 0.00936. The summed E-state index contributed by atoms with van der Waals surface area (Å²) in [6.45, 7) is 0. The predicted octanol–water partition coefficient (Wildman–Crippen LogP) is 1.52. The second-order valence-corrected chi connectivity index (χ2v) is 5.26. The number of thiophene rings is 2. The smallest absolute Gasteiger partial charge is 0.348 e. The van der Waals surface area contributed by atoms with E-state index >= 15 is 0 Å². The van der Waals surface area contributed by atoms with Gasteiger partial charge in [0.15, 0.2) is 0 Å². The van der Waals surface area contributed by atoms with Gasteiger partial charge in [0.2, 0.25) is 0 Å². The van der Waals surface area contributed by atoms with Gasteiger partial charge in [-0.3, -0.25) is 0 Å². The third kappa shape index (κ3) is 1.31. The Morgan fingerprint density at radius 1 is 0.938 bits per heavy atom. The number of carboxylic acids is 2. The van der Waals surface area contributed by atoms with E-state index in [9.17, 15) is 9.59 Å². The molecule has 0 radical (unpaired) electrons. The lowest BCUT2D eigenvalue weighted by Gasteiger charge is -1.94. The largest absolute Gasteiger partial charge is 0.477 e. The Morgan fingerprint density at radius 2 is 1.31 bits per heavy atom. The summed E-state index contributed by atoms with van der Waals surface area (Å²) < 4.78 is 0.518. The zero-order valence-electron chi connectivity index (χ0n) is 7.68. The van der Waals surface area contributed by atoms with E-state index in [1.807, 2.05) is 0 Å². The maximum Gasteiger partial charge on any atom is 0.348 e. The highest BCUT2D eigenvalue weighted by molar-refractivity contribution is 7.40. The number of nitrogen functional groups attached to an aromatic ring is 2. The highest BCUT2D eigenvalue weighted by Gasteiger charge is 2.23. The van der Waals surface area contributed by atoms with Gasteiger partial charge in [-0.2, -0.15) is 0 Å². The molecular weight excluding hydrogens is 252 g/mol. The van der Waals surface area contributed by atoms with Crippen molar-refractivity contribution in [1.29, 1.82) is 0 Å². The Labute approximate surface area is 96.7 Å². The molecule has 0 saturated heterocycles. The van der Waals surface area contributed by atoms with Crippen molar-refractivity contribution >= 4 is 55.4 Å². The van der Waals surface area contributed by atoms with Crippen LogP contribution < -0.4 is 11.5 Å². The van der Waals surface area contributed by atoms with Crippen molar-refractivity contribution in [2.45, 2.75) is 0 Å². The monoisotopic (exact) mass is 258 g/mol.